The number of methoxy groups -OCH3 is 1. The van der Waals surface area contributed by atoms with E-state index in [1.807, 2.05) is 0 Å². The zero-order valence-corrected chi connectivity index (χ0v) is 11.8. The predicted octanol–water partition coefficient (Wildman–Crippen LogP) is 2.27. The molecule has 0 saturated heterocycles. The molecule has 1 aromatic carbocycles. The van der Waals surface area contributed by atoms with Crippen LogP contribution in [-0.4, -0.2) is 33.9 Å². The molecule has 0 aliphatic carbocycles. The summed E-state index contributed by atoms with van der Waals surface area (Å²) in [4.78, 5) is 0. The van der Waals surface area contributed by atoms with Crippen LogP contribution in [0.5, 0.6) is 0 Å². The summed E-state index contributed by atoms with van der Waals surface area (Å²) < 4.78 is 6.68. The Bertz CT molecular complexity index is 549. The van der Waals surface area contributed by atoms with Crippen molar-refractivity contribution in [3.8, 4) is 11.4 Å². The van der Waals surface area contributed by atoms with Gasteiger partial charge < -0.3 is 10.5 Å². The second kappa shape index (κ2) is 6.18. The van der Waals surface area contributed by atoms with E-state index >= 15 is 0 Å². The van der Waals surface area contributed by atoms with Crippen LogP contribution in [0.1, 0.15) is 6.42 Å². The van der Waals surface area contributed by atoms with E-state index in [1.54, 1.807) is 23.9 Å². The molecule has 2 aromatic rings. The van der Waals surface area contributed by atoms with Gasteiger partial charge in [-0.3, -0.25) is 0 Å². The molecule has 0 aliphatic rings. The van der Waals surface area contributed by atoms with Crippen molar-refractivity contribution in [1.82, 2.24) is 20.2 Å². The molecule has 1 aromatic heterocycles. The van der Waals surface area contributed by atoms with E-state index in [0.717, 1.165) is 12.0 Å². The number of hydrogen-bond acceptors (Lipinski definition) is 5. The molecule has 0 saturated carbocycles. The smallest absolute Gasteiger partial charge is 0.182 e. The first-order chi connectivity index (χ1) is 9.13. The minimum Gasteiger partial charge on any atom is -0.397 e. The van der Waals surface area contributed by atoms with Crippen molar-refractivity contribution in [1.29, 1.82) is 0 Å². The van der Waals surface area contributed by atoms with E-state index in [-0.39, 0.29) is 0 Å². The van der Waals surface area contributed by atoms with Gasteiger partial charge in [-0.2, -0.15) is 0 Å². The van der Waals surface area contributed by atoms with Crippen LogP contribution >= 0.6 is 23.2 Å². The molecule has 0 fully saturated rings. The highest BCUT2D eigenvalue weighted by atomic mass is 35.5. The number of hydrogen-bond donors (Lipinski definition) is 1. The van der Waals surface area contributed by atoms with Gasteiger partial charge in [-0.05, 0) is 29.0 Å². The Balaban J connectivity index is 2.29. The number of halogens is 2. The van der Waals surface area contributed by atoms with Crippen LogP contribution in [0.25, 0.3) is 11.4 Å². The second-order valence-electron chi connectivity index (χ2n) is 3.93. The Kier molecular flexibility index (Phi) is 4.57. The minimum atomic E-state index is 0.337. The van der Waals surface area contributed by atoms with Crippen molar-refractivity contribution >= 4 is 28.9 Å². The fourth-order valence-corrected chi connectivity index (χ4v) is 2.00. The molecular weight excluding hydrogens is 289 g/mol. The van der Waals surface area contributed by atoms with Gasteiger partial charge in [0.15, 0.2) is 5.82 Å². The number of nitrogen functional groups attached to an aromatic ring is 1. The molecule has 0 unspecified atom stereocenters. The van der Waals surface area contributed by atoms with E-state index < -0.39 is 0 Å². The fourth-order valence-electron chi connectivity index (χ4n) is 1.66. The van der Waals surface area contributed by atoms with Gasteiger partial charge >= 0.3 is 0 Å². The zero-order chi connectivity index (χ0) is 13.8. The van der Waals surface area contributed by atoms with Crippen molar-refractivity contribution in [2.45, 2.75) is 13.0 Å². The van der Waals surface area contributed by atoms with E-state index in [0.29, 0.717) is 34.7 Å². The predicted molar refractivity (Wildman–Crippen MR) is 74.2 cm³/mol. The lowest BCUT2D eigenvalue weighted by atomic mass is 10.2. The molecular formula is C11H13Cl2N5O. The summed E-state index contributed by atoms with van der Waals surface area (Å²) in [6, 6.07) is 3.39. The van der Waals surface area contributed by atoms with E-state index in [4.69, 9.17) is 33.7 Å². The number of tetrazole rings is 1. The number of benzene rings is 1. The fraction of sp³-hybridized carbons (Fsp3) is 0.364. The summed E-state index contributed by atoms with van der Waals surface area (Å²) in [6.45, 7) is 1.29. The van der Waals surface area contributed by atoms with Gasteiger partial charge in [0.05, 0.1) is 15.7 Å². The van der Waals surface area contributed by atoms with Gasteiger partial charge in [-0.1, -0.05) is 23.2 Å². The van der Waals surface area contributed by atoms with Crippen molar-refractivity contribution in [2.75, 3.05) is 19.5 Å². The molecule has 8 heteroatoms. The Morgan fingerprint density at radius 3 is 2.84 bits per heavy atom. The number of nitrogens with zero attached hydrogens (tertiary/aromatic N) is 4. The number of anilines is 1. The van der Waals surface area contributed by atoms with Crippen LogP contribution in [0, 0.1) is 0 Å². The van der Waals surface area contributed by atoms with Crippen molar-refractivity contribution < 1.29 is 4.74 Å². The molecule has 0 aliphatic heterocycles. The van der Waals surface area contributed by atoms with Crippen LogP contribution in [0.2, 0.25) is 10.0 Å². The molecule has 2 rings (SSSR count). The maximum Gasteiger partial charge on any atom is 0.182 e. The molecule has 2 N–H and O–H groups in total. The van der Waals surface area contributed by atoms with Crippen molar-refractivity contribution in [2.24, 2.45) is 0 Å². The lowest BCUT2D eigenvalue weighted by molar-refractivity contribution is 0.189. The van der Waals surface area contributed by atoms with Crippen LogP contribution in [0.3, 0.4) is 0 Å². The Morgan fingerprint density at radius 1 is 1.37 bits per heavy atom. The van der Waals surface area contributed by atoms with Crippen molar-refractivity contribution in [3.63, 3.8) is 0 Å². The molecule has 1 heterocycles. The maximum atomic E-state index is 6.01. The van der Waals surface area contributed by atoms with Gasteiger partial charge in [0, 0.05) is 25.8 Å². The van der Waals surface area contributed by atoms with E-state index in [9.17, 15) is 0 Å². The summed E-state index contributed by atoms with van der Waals surface area (Å²) in [5.41, 5.74) is 6.91. The molecule has 102 valence electrons. The van der Waals surface area contributed by atoms with Crippen LogP contribution in [0.15, 0.2) is 12.1 Å². The third-order valence-corrected chi connectivity index (χ3v) is 3.38. The molecule has 0 spiro atoms. The molecule has 0 bridgehead atoms. The highest BCUT2D eigenvalue weighted by molar-refractivity contribution is 6.43. The number of ether oxygens (including phenoxy) is 1. The zero-order valence-electron chi connectivity index (χ0n) is 10.3. The summed E-state index contributed by atoms with van der Waals surface area (Å²) in [5.74, 6) is 0.598. The quantitative estimate of drug-likeness (QED) is 0.677. The highest BCUT2D eigenvalue weighted by Gasteiger charge is 2.12. The SMILES string of the molecule is COCCCn1nnnc1-c1cc(N)c(Cl)c(Cl)c1. The normalized spacial score (nSPS) is 10.9. The van der Waals surface area contributed by atoms with Gasteiger partial charge in [-0.25, -0.2) is 4.68 Å². The third-order valence-electron chi connectivity index (χ3n) is 2.56. The van der Waals surface area contributed by atoms with E-state index in [1.165, 1.54) is 0 Å². The lowest BCUT2D eigenvalue weighted by Crippen LogP contribution is -2.05. The Hall–Kier alpha value is -1.37. The van der Waals surface area contributed by atoms with Crippen LogP contribution in [-0.2, 0) is 11.3 Å². The summed E-state index contributed by atoms with van der Waals surface area (Å²) in [6.07, 6.45) is 0.811. The highest BCUT2D eigenvalue weighted by Crippen LogP contribution is 2.32. The summed E-state index contributed by atoms with van der Waals surface area (Å²) in [5, 5.41) is 12.3. The molecule has 0 radical (unpaired) electrons. The summed E-state index contributed by atoms with van der Waals surface area (Å²) >= 11 is 11.9. The molecule has 6 nitrogen and oxygen atoms in total. The first-order valence-corrected chi connectivity index (χ1v) is 6.39. The van der Waals surface area contributed by atoms with Crippen molar-refractivity contribution in [3.05, 3.63) is 22.2 Å². The second-order valence-corrected chi connectivity index (χ2v) is 4.72. The molecule has 0 amide bonds. The van der Waals surface area contributed by atoms with Gasteiger partial charge in [0.2, 0.25) is 0 Å². The molecule has 0 atom stereocenters. The topological polar surface area (TPSA) is 78.8 Å². The lowest BCUT2D eigenvalue weighted by Gasteiger charge is -2.07. The van der Waals surface area contributed by atoms with Gasteiger partial charge in [-0.15, -0.1) is 5.10 Å². The first-order valence-electron chi connectivity index (χ1n) is 5.63. The monoisotopic (exact) mass is 301 g/mol. The number of nitrogens with two attached hydrogens (primary N) is 1. The Labute approximate surface area is 120 Å². The van der Waals surface area contributed by atoms with Crippen LogP contribution < -0.4 is 5.73 Å². The number of aryl methyl sites for hydroxylation is 1. The third kappa shape index (κ3) is 3.15. The average molecular weight is 302 g/mol. The number of aromatic nitrogens is 4. The maximum absolute atomic E-state index is 6.01. The average Bonchev–Trinajstić information content (AvgIpc) is 2.84. The first kappa shape index (κ1) is 14.0. The summed E-state index contributed by atoms with van der Waals surface area (Å²) in [7, 11) is 1.65. The largest absolute Gasteiger partial charge is 0.397 e. The van der Waals surface area contributed by atoms with Gasteiger partial charge in [0.1, 0.15) is 0 Å². The molecule has 19 heavy (non-hydrogen) atoms. The Morgan fingerprint density at radius 2 is 2.16 bits per heavy atom. The number of rotatable bonds is 5. The van der Waals surface area contributed by atoms with Gasteiger partial charge in [0.25, 0.3) is 0 Å². The standard InChI is InChI=1S/C11H13Cl2N5O/c1-19-4-2-3-18-11(15-16-17-18)7-5-8(12)10(13)9(14)6-7/h5-6H,2-4,14H2,1H3. The van der Waals surface area contributed by atoms with E-state index in [2.05, 4.69) is 15.5 Å². The minimum absolute atomic E-state index is 0.337. The van der Waals surface area contributed by atoms with Crippen LogP contribution in [0.4, 0.5) is 5.69 Å².